The van der Waals surface area contributed by atoms with Crippen LogP contribution in [0.1, 0.15) is 32.3 Å². The van der Waals surface area contributed by atoms with Crippen molar-refractivity contribution in [2.45, 2.75) is 57.3 Å². The Hall–Kier alpha value is -3.44. The topological polar surface area (TPSA) is 178 Å². The first-order valence-electron chi connectivity index (χ1n) is 11.7. The zero-order valence-corrected chi connectivity index (χ0v) is 19.9. The summed E-state index contributed by atoms with van der Waals surface area (Å²) in [4.78, 5) is 54.7. The molecule has 1 aromatic heterocycles. The number of nitrogens with two attached hydrogens (primary N) is 1. The van der Waals surface area contributed by atoms with Gasteiger partial charge in [-0.25, -0.2) is 4.79 Å². The number of nitrogens with zero attached hydrogens (tertiary/aromatic N) is 1. The Morgan fingerprint density at radius 1 is 1.17 bits per heavy atom. The number of carboxylic acid groups (broad SMARTS) is 1. The Morgan fingerprint density at radius 3 is 2.54 bits per heavy atom. The standard InChI is InChI=1S/C24H33N5O6/c1-13(2)20(25)22(32)28-18(12-30)23(33)29-9-5-8-19(29)21(31)27-17(24(34)35)10-14-11-26-16-7-4-3-6-15(14)16/h3-4,6-7,11,13,17-20,26,30H,5,8-10,12,25H2,1-2H3,(H,27,31)(H,28,32)(H,34,35). The number of rotatable bonds is 10. The molecule has 0 saturated carbocycles. The molecular weight excluding hydrogens is 454 g/mol. The molecule has 4 unspecified atom stereocenters. The maximum Gasteiger partial charge on any atom is 0.326 e. The van der Waals surface area contributed by atoms with Crippen molar-refractivity contribution in [3.63, 3.8) is 0 Å². The molecular formula is C24H33N5O6. The van der Waals surface area contributed by atoms with Crippen molar-refractivity contribution in [2.75, 3.05) is 13.2 Å². The number of aliphatic carboxylic acids is 1. The molecule has 11 heteroatoms. The van der Waals surface area contributed by atoms with E-state index in [2.05, 4.69) is 15.6 Å². The third kappa shape index (κ3) is 5.98. The highest BCUT2D eigenvalue weighted by molar-refractivity contribution is 5.95. The number of benzene rings is 1. The summed E-state index contributed by atoms with van der Waals surface area (Å²) in [6.07, 6.45) is 2.65. The Balaban J connectivity index is 1.69. The van der Waals surface area contributed by atoms with E-state index in [1.165, 1.54) is 4.90 Å². The second-order valence-corrected chi connectivity index (χ2v) is 9.17. The van der Waals surface area contributed by atoms with Gasteiger partial charge in [-0.2, -0.15) is 0 Å². The monoisotopic (exact) mass is 487 g/mol. The Kier molecular flexibility index (Phi) is 8.47. The molecule has 1 saturated heterocycles. The van der Waals surface area contributed by atoms with E-state index < -0.39 is 54.5 Å². The molecule has 190 valence electrons. The number of carbonyl (C=O) groups is 4. The van der Waals surface area contributed by atoms with Crippen LogP contribution in [0, 0.1) is 5.92 Å². The summed E-state index contributed by atoms with van der Waals surface area (Å²) in [6.45, 7) is 3.12. The van der Waals surface area contributed by atoms with Crippen LogP contribution in [0.25, 0.3) is 10.9 Å². The lowest BCUT2D eigenvalue weighted by atomic mass is 10.0. The Labute approximate surface area is 203 Å². The highest BCUT2D eigenvalue weighted by Crippen LogP contribution is 2.21. The molecule has 1 fully saturated rings. The van der Waals surface area contributed by atoms with E-state index in [0.717, 1.165) is 16.5 Å². The zero-order valence-electron chi connectivity index (χ0n) is 19.9. The molecule has 1 aliphatic heterocycles. The van der Waals surface area contributed by atoms with Gasteiger partial charge in [0, 0.05) is 30.1 Å². The van der Waals surface area contributed by atoms with E-state index in [1.54, 1.807) is 20.0 Å². The predicted molar refractivity (Wildman–Crippen MR) is 128 cm³/mol. The molecule has 2 aromatic rings. The van der Waals surface area contributed by atoms with Crippen LogP contribution in [-0.4, -0.2) is 81.1 Å². The van der Waals surface area contributed by atoms with Gasteiger partial charge in [-0.3, -0.25) is 14.4 Å². The number of aliphatic hydroxyl groups is 1. The second-order valence-electron chi connectivity index (χ2n) is 9.17. The molecule has 0 bridgehead atoms. The average Bonchev–Trinajstić information content (AvgIpc) is 3.48. The molecule has 7 N–H and O–H groups in total. The summed E-state index contributed by atoms with van der Waals surface area (Å²) in [5, 5.41) is 25.3. The third-order valence-corrected chi connectivity index (χ3v) is 6.37. The van der Waals surface area contributed by atoms with Crippen LogP contribution in [0.4, 0.5) is 0 Å². The molecule has 11 nitrogen and oxygen atoms in total. The van der Waals surface area contributed by atoms with Crippen molar-refractivity contribution >= 4 is 34.6 Å². The summed E-state index contributed by atoms with van der Waals surface area (Å²) in [5.74, 6) is -3.14. The number of carboxylic acids is 1. The van der Waals surface area contributed by atoms with Crippen LogP contribution >= 0.6 is 0 Å². The van der Waals surface area contributed by atoms with Gasteiger partial charge >= 0.3 is 5.97 Å². The summed E-state index contributed by atoms with van der Waals surface area (Å²) < 4.78 is 0. The van der Waals surface area contributed by atoms with Gasteiger partial charge in [0.1, 0.15) is 18.1 Å². The number of likely N-dealkylation sites (tertiary alicyclic amines) is 1. The number of amides is 3. The van der Waals surface area contributed by atoms with Crippen LogP contribution in [0.2, 0.25) is 0 Å². The fraction of sp³-hybridized carbons (Fsp3) is 0.500. The molecule has 3 rings (SSSR count). The van der Waals surface area contributed by atoms with Gasteiger partial charge in [0.05, 0.1) is 12.6 Å². The maximum atomic E-state index is 13.1. The minimum Gasteiger partial charge on any atom is -0.480 e. The van der Waals surface area contributed by atoms with Crippen molar-refractivity contribution in [3.8, 4) is 0 Å². The highest BCUT2D eigenvalue weighted by atomic mass is 16.4. The van der Waals surface area contributed by atoms with Gasteiger partial charge in [-0.15, -0.1) is 0 Å². The molecule has 4 atom stereocenters. The number of carbonyl (C=O) groups excluding carboxylic acids is 3. The number of para-hydroxylation sites is 1. The smallest absolute Gasteiger partial charge is 0.326 e. The SMILES string of the molecule is CC(C)C(N)C(=O)NC(CO)C(=O)N1CCCC1C(=O)NC(Cc1c[nH]c2ccccc12)C(=O)O. The van der Waals surface area contributed by atoms with E-state index in [0.29, 0.717) is 12.8 Å². The molecule has 2 heterocycles. The van der Waals surface area contributed by atoms with Crippen molar-refractivity contribution in [2.24, 2.45) is 11.7 Å². The van der Waals surface area contributed by atoms with Crippen LogP contribution < -0.4 is 16.4 Å². The normalized spacial score (nSPS) is 18.3. The van der Waals surface area contributed by atoms with Gasteiger partial charge in [-0.1, -0.05) is 32.0 Å². The lowest BCUT2D eigenvalue weighted by Crippen LogP contribution is -2.58. The van der Waals surface area contributed by atoms with E-state index in [-0.39, 0.29) is 18.9 Å². The lowest BCUT2D eigenvalue weighted by molar-refractivity contribution is -0.145. The maximum absolute atomic E-state index is 13.1. The fourth-order valence-corrected chi connectivity index (χ4v) is 4.25. The van der Waals surface area contributed by atoms with Gasteiger partial charge in [-0.05, 0) is 30.4 Å². The first-order chi connectivity index (χ1) is 16.6. The number of fused-ring (bicyclic) bond motifs is 1. The molecule has 1 aromatic carbocycles. The second kappa shape index (κ2) is 11.3. The molecule has 3 amide bonds. The largest absolute Gasteiger partial charge is 0.480 e. The number of aromatic nitrogens is 1. The minimum absolute atomic E-state index is 0.0637. The van der Waals surface area contributed by atoms with Gasteiger partial charge in [0.25, 0.3) is 0 Å². The van der Waals surface area contributed by atoms with Crippen molar-refractivity contribution in [1.29, 1.82) is 0 Å². The minimum atomic E-state index is -1.25. The number of hydrogen-bond acceptors (Lipinski definition) is 6. The molecule has 1 aliphatic rings. The fourth-order valence-electron chi connectivity index (χ4n) is 4.25. The number of H-pyrrole nitrogens is 1. The van der Waals surface area contributed by atoms with Crippen LogP contribution in [0.3, 0.4) is 0 Å². The number of aromatic amines is 1. The highest BCUT2D eigenvalue weighted by Gasteiger charge is 2.39. The van der Waals surface area contributed by atoms with Gasteiger partial charge in [0.15, 0.2) is 0 Å². The van der Waals surface area contributed by atoms with Crippen molar-refractivity contribution in [3.05, 3.63) is 36.0 Å². The van der Waals surface area contributed by atoms with E-state index >= 15 is 0 Å². The van der Waals surface area contributed by atoms with Gasteiger partial charge in [0.2, 0.25) is 17.7 Å². The molecule has 0 spiro atoms. The van der Waals surface area contributed by atoms with Crippen LogP contribution in [0.5, 0.6) is 0 Å². The predicted octanol–water partition coefficient (Wildman–Crippen LogP) is -0.269. The number of aliphatic hydroxyl groups excluding tert-OH is 1. The average molecular weight is 488 g/mol. The van der Waals surface area contributed by atoms with Crippen LogP contribution in [0.15, 0.2) is 30.5 Å². The van der Waals surface area contributed by atoms with E-state index in [4.69, 9.17) is 5.73 Å². The van der Waals surface area contributed by atoms with Gasteiger partial charge < -0.3 is 36.5 Å². The summed E-state index contributed by atoms with van der Waals surface area (Å²) in [6, 6.07) is 3.25. The quantitative estimate of drug-likeness (QED) is 0.267. The van der Waals surface area contributed by atoms with E-state index in [1.807, 2.05) is 24.3 Å². The number of hydrogen-bond donors (Lipinski definition) is 6. The summed E-state index contributed by atoms with van der Waals surface area (Å²) >= 11 is 0. The molecule has 35 heavy (non-hydrogen) atoms. The summed E-state index contributed by atoms with van der Waals surface area (Å²) in [7, 11) is 0. The first-order valence-corrected chi connectivity index (χ1v) is 11.7. The third-order valence-electron chi connectivity index (χ3n) is 6.37. The zero-order chi connectivity index (χ0) is 25.7. The lowest BCUT2D eigenvalue weighted by Gasteiger charge is -2.29. The Bertz CT molecular complexity index is 1080. The van der Waals surface area contributed by atoms with Crippen LogP contribution in [-0.2, 0) is 25.6 Å². The van der Waals surface area contributed by atoms with Crippen molar-refractivity contribution in [1.82, 2.24) is 20.5 Å². The summed E-state index contributed by atoms with van der Waals surface area (Å²) in [5.41, 5.74) is 7.43. The number of nitrogens with one attached hydrogen (secondary N) is 3. The van der Waals surface area contributed by atoms with Crippen molar-refractivity contribution < 1.29 is 29.4 Å². The first kappa shape index (κ1) is 26.2. The molecule has 0 aliphatic carbocycles. The Morgan fingerprint density at radius 2 is 1.89 bits per heavy atom. The van der Waals surface area contributed by atoms with E-state index in [9.17, 15) is 29.4 Å². The molecule has 0 radical (unpaired) electrons.